The molecule has 0 bridgehead atoms. The first-order valence-corrected chi connectivity index (χ1v) is 25.1. The highest BCUT2D eigenvalue weighted by atomic mass is 16.6. The van der Waals surface area contributed by atoms with Crippen LogP contribution in [0.1, 0.15) is 226 Å². The minimum absolute atomic E-state index is 0.100. The normalized spacial score (nSPS) is 12.8. The summed E-state index contributed by atoms with van der Waals surface area (Å²) in [5.41, 5.74) is 0. The number of hydrogen-bond acceptors (Lipinski definition) is 6. The molecule has 0 rings (SSSR count). The topological polar surface area (TPSA) is 78.9 Å². The van der Waals surface area contributed by atoms with E-state index in [1.807, 2.05) is 0 Å². The van der Waals surface area contributed by atoms with Crippen molar-refractivity contribution in [1.29, 1.82) is 0 Å². The molecule has 0 aromatic heterocycles. The van der Waals surface area contributed by atoms with Crippen LogP contribution in [0.15, 0.2) is 85.1 Å². The Labute approximate surface area is 375 Å². The number of esters is 3. The number of carbonyl (C=O) groups excluding carboxylic acids is 3. The molecule has 0 radical (unpaired) electrons. The number of hydrogen-bond donors (Lipinski definition) is 0. The van der Waals surface area contributed by atoms with Gasteiger partial charge in [0, 0.05) is 19.3 Å². The highest BCUT2D eigenvalue weighted by molar-refractivity contribution is 5.71. The highest BCUT2D eigenvalue weighted by Crippen LogP contribution is 2.14. The van der Waals surface area contributed by atoms with E-state index >= 15 is 0 Å². The van der Waals surface area contributed by atoms with Crippen LogP contribution in [-0.4, -0.2) is 37.2 Å². The highest BCUT2D eigenvalue weighted by Gasteiger charge is 2.19. The first-order valence-electron chi connectivity index (χ1n) is 25.1. The van der Waals surface area contributed by atoms with E-state index in [4.69, 9.17) is 14.2 Å². The molecule has 0 heterocycles. The van der Waals surface area contributed by atoms with Crippen molar-refractivity contribution in [2.45, 2.75) is 232 Å². The van der Waals surface area contributed by atoms with Gasteiger partial charge in [0.25, 0.3) is 0 Å². The molecule has 0 saturated carbocycles. The monoisotopic (exact) mass is 849 g/mol. The van der Waals surface area contributed by atoms with Crippen molar-refractivity contribution in [2.24, 2.45) is 0 Å². The summed E-state index contributed by atoms with van der Waals surface area (Å²) in [6.45, 7) is 6.32. The summed E-state index contributed by atoms with van der Waals surface area (Å²) in [5.74, 6) is -0.976. The molecule has 0 aliphatic heterocycles. The smallest absolute Gasteiger partial charge is 0.306 e. The van der Waals surface area contributed by atoms with Gasteiger partial charge in [0.2, 0.25) is 0 Å². The van der Waals surface area contributed by atoms with Crippen molar-refractivity contribution in [3.05, 3.63) is 85.1 Å². The van der Waals surface area contributed by atoms with Crippen LogP contribution in [0.2, 0.25) is 0 Å². The standard InChI is InChI=1S/C55H92O6/c1-4-7-10-13-16-19-22-24-26-27-29-30-33-36-39-42-45-48-54(57)60-51-52(50-59-53(56)47-44-41-38-35-32-21-18-15-12-9-6-3)61-55(58)49-46-43-40-37-34-31-28-25-23-20-17-14-11-8-5-2/h8-9,11-12,14,17-18,20-21,23-24,26,35,38,52H,4-7,10,13,15-16,19,22,25,27-34,36-37,39-51H2,1-3H3/b11-8-,12-9-,17-14-,21-18-,23-20-,26-24-,38-35-. The Kier molecular flexibility index (Phi) is 46.5. The minimum Gasteiger partial charge on any atom is -0.462 e. The molecule has 61 heavy (non-hydrogen) atoms. The predicted molar refractivity (Wildman–Crippen MR) is 261 cm³/mol. The fourth-order valence-electron chi connectivity index (χ4n) is 6.69. The molecule has 0 aliphatic rings. The molecule has 0 aliphatic carbocycles. The van der Waals surface area contributed by atoms with E-state index in [1.54, 1.807) is 0 Å². The van der Waals surface area contributed by atoms with Gasteiger partial charge >= 0.3 is 17.9 Å². The van der Waals surface area contributed by atoms with Gasteiger partial charge in [0.05, 0.1) is 0 Å². The Morgan fingerprint density at radius 2 is 0.738 bits per heavy atom. The molecule has 6 heteroatoms. The van der Waals surface area contributed by atoms with Crippen molar-refractivity contribution >= 4 is 17.9 Å². The van der Waals surface area contributed by atoms with Gasteiger partial charge < -0.3 is 14.2 Å². The third kappa shape index (κ3) is 47.5. The quantitative estimate of drug-likeness (QED) is 0.0200. The largest absolute Gasteiger partial charge is 0.462 e. The van der Waals surface area contributed by atoms with Crippen LogP contribution >= 0.6 is 0 Å². The summed E-state index contributed by atoms with van der Waals surface area (Å²) < 4.78 is 16.7. The van der Waals surface area contributed by atoms with Gasteiger partial charge in [-0.05, 0) is 89.9 Å². The van der Waals surface area contributed by atoms with E-state index in [0.717, 1.165) is 83.5 Å². The Bertz CT molecular complexity index is 1200. The van der Waals surface area contributed by atoms with Crippen LogP contribution in [0, 0.1) is 0 Å². The average Bonchev–Trinajstić information content (AvgIpc) is 3.26. The molecule has 0 aromatic rings. The van der Waals surface area contributed by atoms with Crippen molar-refractivity contribution in [2.75, 3.05) is 13.2 Å². The number of allylic oxidation sites excluding steroid dienone is 14. The number of rotatable bonds is 44. The van der Waals surface area contributed by atoms with Crippen LogP contribution < -0.4 is 0 Å². The van der Waals surface area contributed by atoms with Gasteiger partial charge in [-0.25, -0.2) is 0 Å². The van der Waals surface area contributed by atoms with Gasteiger partial charge in [-0.15, -0.1) is 0 Å². The van der Waals surface area contributed by atoms with Crippen LogP contribution in [0.4, 0.5) is 0 Å². The van der Waals surface area contributed by atoms with Crippen molar-refractivity contribution in [3.8, 4) is 0 Å². The summed E-state index contributed by atoms with van der Waals surface area (Å²) in [6.07, 6.45) is 62.9. The third-order valence-corrected chi connectivity index (χ3v) is 10.4. The lowest BCUT2D eigenvalue weighted by atomic mass is 10.1. The van der Waals surface area contributed by atoms with Gasteiger partial charge in [-0.1, -0.05) is 202 Å². The lowest BCUT2D eigenvalue weighted by Gasteiger charge is -2.18. The Morgan fingerprint density at radius 3 is 1.26 bits per heavy atom. The predicted octanol–water partition coefficient (Wildman–Crippen LogP) is 16.4. The summed E-state index contributed by atoms with van der Waals surface area (Å²) in [5, 5.41) is 0. The maximum Gasteiger partial charge on any atom is 0.306 e. The minimum atomic E-state index is -0.804. The number of carbonyl (C=O) groups is 3. The van der Waals surface area contributed by atoms with Crippen molar-refractivity contribution in [1.82, 2.24) is 0 Å². The van der Waals surface area contributed by atoms with E-state index in [0.29, 0.717) is 19.3 Å². The Hall–Kier alpha value is -3.41. The van der Waals surface area contributed by atoms with Crippen LogP contribution in [-0.2, 0) is 28.6 Å². The average molecular weight is 849 g/mol. The van der Waals surface area contributed by atoms with Gasteiger partial charge in [-0.2, -0.15) is 0 Å². The molecular weight excluding hydrogens is 757 g/mol. The van der Waals surface area contributed by atoms with E-state index in [9.17, 15) is 14.4 Å². The Morgan fingerprint density at radius 1 is 0.361 bits per heavy atom. The van der Waals surface area contributed by atoms with E-state index in [-0.39, 0.29) is 37.5 Å². The summed E-state index contributed by atoms with van der Waals surface area (Å²) in [4.78, 5) is 37.9. The number of unbranched alkanes of at least 4 members (excludes halogenated alkanes) is 21. The first-order chi connectivity index (χ1) is 30.0. The van der Waals surface area contributed by atoms with Crippen molar-refractivity contribution < 1.29 is 28.6 Å². The van der Waals surface area contributed by atoms with E-state index < -0.39 is 6.10 Å². The number of ether oxygens (including phenoxy) is 3. The SMILES string of the molecule is CC\C=C/C=C\C=C/CCCCCCCCCC(=O)OC(COC(=O)CCC/C=C\C/C=C\C/C=C\CC)COC(=O)CCCCCCCCC/C=C\CCCCCCCC. The second-order valence-corrected chi connectivity index (χ2v) is 16.4. The molecule has 6 nitrogen and oxygen atoms in total. The fraction of sp³-hybridized carbons (Fsp3) is 0.691. The summed E-state index contributed by atoms with van der Waals surface area (Å²) in [7, 11) is 0. The van der Waals surface area contributed by atoms with Crippen molar-refractivity contribution in [3.63, 3.8) is 0 Å². The lowest BCUT2D eigenvalue weighted by Crippen LogP contribution is -2.30. The van der Waals surface area contributed by atoms with E-state index in [2.05, 4.69) is 106 Å². The zero-order valence-electron chi connectivity index (χ0n) is 39.7. The van der Waals surface area contributed by atoms with Crippen LogP contribution in [0.5, 0.6) is 0 Å². The molecule has 348 valence electrons. The Balaban J connectivity index is 4.43. The maximum atomic E-state index is 12.8. The third-order valence-electron chi connectivity index (χ3n) is 10.4. The van der Waals surface area contributed by atoms with Gasteiger partial charge in [0.15, 0.2) is 6.10 Å². The second-order valence-electron chi connectivity index (χ2n) is 16.4. The maximum absolute atomic E-state index is 12.8. The first kappa shape index (κ1) is 57.6. The molecular formula is C55H92O6. The second kappa shape index (κ2) is 49.2. The summed E-state index contributed by atoms with van der Waals surface area (Å²) >= 11 is 0. The van der Waals surface area contributed by atoms with Gasteiger partial charge in [-0.3, -0.25) is 14.4 Å². The molecule has 0 amide bonds. The molecule has 0 N–H and O–H groups in total. The lowest BCUT2D eigenvalue weighted by molar-refractivity contribution is -0.167. The van der Waals surface area contributed by atoms with Crippen LogP contribution in [0.25, 0.3) is 0 Å². The fourth-order valence-corrected chi connectivity index (χ4v) is 6.69. The molecule has 0 spiro atoms. The molecule has 1 unspecified atom stereocenters. The summed E-state index contributed by atoms with van der Waals surface area (Å²) in [6, 6.07) is 0. The zero-order chi connectivity index (χ0) is 44.4. The molecule has 1 atom stereocenters. The van der Waals surface area contributed by atoms with Crippen LogP contribution in [0.3, 0.4) is 0 Å². The molecule has 0 fully saturated rings. The molecule has 0 saturated heterocycles. The zero-order valence-corrected chi connectivity index (χ0v) is 39.7. The van der Waals surface area contributed by atoms with Gasteiger partial charge in [0.1, 0.15) is 13.2 Å². The van der Waals surface area contributed by atoms with E-state index in [1.165, 1.54) is 96.3 Å². The molecule has 0 aromatic carbocycles.